The van der Waals surface area contributed by atoms with E-state index >= 15 is 0 Å². The molecule has 4 aromatic rings. The number of nitrogens with one attached hydrogen (secondary N) is 2. The Kier molecular flexibility index (Phi) is 8.57. The van der Waals surface area contributed by atoms with Crippen LogP contribution in [0, 0.1) is 35.5 Å². The lowest BCUT2D eigenvalue weighted by Gasteiger charge is -2.34. The number of rotatable bonds is 10. The largest absolute Gasteiger partial charge is 0.393 e. The van der Waals surface area contributed by atoms with Crippen LogP contribution in [0.2, 0.25) is 0 Å². The van der Waals surface area contributed by atoms with Crippen LogP contribution in [0.15, 0.2) is 19.2 Å². The Bertz CT molecular complexity index is 2350. The molecule has 7 atom stereocenters. The maximum atomic E-state index is 13.0. The van der Waals surface area contributed by atoms with Crippen molar-refractivity contribution in [3.8, 4) is 0 Å². The topological polar surface area (TPSA) is 186 Å². The number of fused-ring (bicyclic) bond motifs is 2. The zero-order valence-electron chi connectivity index (χ0n) is 32.1. The molecule has 0 spiro atoms. The Morgan fingerprint density at radius 3 is 1.54 bits per heavy atom. The molecule has 8 saturated carbocycles. The van der Waals surface area contributed by atoms with E-state index in [2.05, 4.69) is 9.97 Å². The van der Waals surface area contributed by atoms with Crippen molar-refractivity contribution >= 4 is 22.3 Å². The Morgan fingerprint density at radius 1 is 0.593 bits per heavy atom. The summed E-state index contributed by atoms with van der Waals surface area (Å²) in [6.45, 7) is 9.94. The quantitative estimate of drug-likeness (QED) is 0.190. The van der Waals surface area contributed by atoms with E-state index in [0.29, 0.717) is 78.1 Å². The summed E-state index contributed by atoms with van der Waals surface area (Å²) in [6, 6.07) is 0. The third-order valence-corrected chi connectivity index (χ3v) is 14.7. The Morgan fingerprint density at radius 2 is 1.04 bits per heavy atom. The van der Waals surface area contributed by atoms with Crippen molar-refractivity contribution in [3.63, 3.8) is 0 Å². The molecule has 8 aliphatic rings. The van der Waals surface area contributed by atoms with Gasteiger partial charge >= 0.3 is 11.4 Å². The summed E-state index contributed by atoms with van der Waals surface area (Å²) >= 11 is 0. The van der Waals surface area contributed by atoms with Crippen molar-refractivity contribution in [3.05, 3.63) is 53.3 Å². The number of hydrogen-bond donors (Lipinski definition) is 4. The molecule has 292 valence electrons. The van der Waals surface area contributed by atoms with Gasteiger partial charge < -0.3 is 20.2 Å². The molecule has 54 heavy (non-hydrogen) atoms. The van der Waals surface area contributed by atoms with E-state index in [4.69, 9.17) is 9.97 Å². The molecular formula is C40H56N8O6. The molecule has 12 rings (SSSR count). The minimum Gasteiger partial charge on any atom is -0.393 e. The first kappa shape index (κ1) is 35.9. The molecule has 8 bridgehead atoms. The second-order valence-electron chi connectivity index (χ2n) is 17.9. The average molecular weight is 745 g/mol. The summed E-state index contributed by atoms with van der Waals surface area (Å²) < 4.78 is 6.00. The normalized spacial score (nSPS) is 34.2. The van der Waals surface area contributed by atoms with Gasteiger partial charge in [-0.3, -0.25) is 27.9 Å². The maximum Gasteiger partial charge on any atom is 0.332 e. The number of aromatic nitrogens is 8. The van der Waals surface area contributed by atoms with E-state index in [1.807, 2.05) is 27.7 Å². The molecule has 14 nitrogen and oxygen atoms in total. The molecule has 4 N–H and O–H groups in total. The fourth-order valence-corrected chi connectivity index (χ4v) is 12.7. The number of aromatic amines is 2. The highest BCUT2D eigenvalue weighted by molar-refractivity contribution is 5.71. The number of aliphatic hydroxyl groups is 2. The molecule has 0 radical (unpaired) electrons. The number of H-pyrrole nitrogens is 2. The number of imidazole rings is 2. The summed E-state index contributed by atoms with van der Waals surface area (Å²) in [7, 11) is 0. The Labute approximate surface area is 313 Å². The number of aryl methyl sites for hydroxylation is 2. The third-order valence-electron chi connectivity index (χ3n) is 14.7. The highest BCUT2D eigenvalue weighted by Gasteiger charge is 2.65. The molecule has 4 heterocycles. The number of aliphatic hydroxyl groups excluding tert-OH is 2. The highest BCUT2D eigenvalue weighted by Crippen LogP contribution is 2.66. The first-order chi connectivity index (χ1) is 26.0. The predicted octanol–water partition coefficient (Wildman–Crippen LogP) is 3.51. The van der Waals surface area contributed by atoms with Crippen molar-refractivity contribution in [2.24, 2.45) is 35.5 Å². The molecule has 6 unspecified atom stereocenters. The Hall–Kier alpha value is -3.78. The van der Waals surface area contributed by atoms with E-state index in [0.717, 1.165) is 88.7 Å². The molecule has 8 fully saturated rings. The summed E-state index contributed by atoms with van der Waals surface area (Å²) in [5, 5.41) is 21.2. The van der Waals surface area contributed by atoms with Gasteiger partial charge in [-0.25, -0.2) is 19.6 Å². The minimum absolute atomic E-state index is 0.0529. The van der Waals surface area contributed by atoms with Crippen LogP contribution < -0.4 is 22.5 Å². The van der Waals surface area contributed by atoms with E-state index in [9.17, 15) is 29.4 Å². The molecule has 0 aliphatic heterocycles. The van der Waals surface area contributed by atoms with Crippen LogP contribution in [0.3, 0.4) is 0 Å². The fraction of sp³-hybridized carbons (Fsp3) is 0.750. The van der Waals surface area contributed by atoms with Gasteiger partial charge in [-0.1, -0.05) is 27.7 Å². The second kappa shape index (κ2) is 12.9. The van der Waals surface area contributed by atoms with Gasteiger partial charge in [0.1, 0.15) is 22.7 Å². The lowest BCUT2D eigenvalue weighted by molar-refractivity contribution is 0.0167. The van der Waals surface area contributed by atoms with Gasteiger partial charge in [0.25, 0.3) is 11.1 Å². The third kappa shape index (κ3) is 4.89. The standard InChI is InChI=1S/2C20H28N4O3/c1-3-5-23-16-14(17(26)24(6-4-2)19(23)27)21-18(22-16)20-9-11-7-13(20)8-12(10-20)15(11)25;1-3-5-23-16-14(17(26)24(6-4-2)19(23)27)21-18(22-16)20-9-11-7-12(10-20)15(25)13(20)8-11/h2*11-13,15,25H,3-10H2,1-2H3,(H,21,22)/t;11?,12?,13?,15-,20?/m.0/s1. The van der Waals surface area contributed by atoms with Crippen molar-refractivity contribution in [1.82, 2.24) is 38.2 Å². The van der Waals surface area contributed by atoms with Crippen LogP contribution in [0.4, 0.5) is 0 Å². The molecule has 0 aromatic carbocycles. The highest BCUT2D eigenvalue weighted by atomic mass is 16.3. The molecule has 4 aromatic heterocycles. The van der Waals surface area contributed by atoms with E-state index in [-0.39, 0.29) is 51.5 Å². The smallest absolute Gasteiger partial charge is 0.332 e. The van der Waals surface area contributed by atoms with Crippen molar-refractivity contribution in [1.29, 1.82) is 0 Å². The van der Waals surface area contributed by atoms with Crippen molar-refractivity contribution < 1.29 is 10.2 Å². The van der Waals surface area contributed by atoms with Crippen LogP contribution >= 0.6 is 0 Å². The van der Waals surface area contributed by atoms with E-state index in [1.54, 1.807) is 9.13 Å². The van der Waals surface area contributed by atoms with Gasteiger partial charge in [0.2, 0.25) is 0 Å². The van der Waals surface area contributed by atoms with Crippen LogP contribution in [0.5, 0.6) is 0 Å². The number of hydrogen-bond acceptors (Lipinski definition) is 8. The predicted molar refractivity (Wildman–Crippen MR) is 204 cm³/mol. The summed E-state index contributed by atoms with van der Waals surface area (Å²) in [5.41, 5.74) is 0.677. The molecule has 8 aliphatic carbocycles. The van der Waals surface area contributed by atoms with E-state index < -0.39 is 0 Å². The minimum atomic E-state index is -0.266. The first-order valence-corrected chi connectivity index (χ1v) is 20.8. The van der Waals surface area contributed by atoms with Gasteiger partial charge in [-0.05, 0) is 113 Å². The summed E-state index contributed by atoms with van der Waals surface area (Å²) in [6.07, 6.45) is 10.8. The van der Waals surface area contributed by atoms with Crippen LogP contribution in [-0.2, 0) is 37.0 Å². The second-order valence-corrected chi connectivity index (χ2v) is 17.9. The Balaban J connectivity index is 0.000000142. The van der Waals surface area contributed by atoms with Crippen LogP contribution in [0.25, 0.3) is 22.3 Å². The molecular weight excluding hydrogens is 688 g/mol. The molecule has 0 amide bonds. The van der Waals surface area contributed by atoms with Crippen molar-refractivity contribution in [2.45, 2.75) is 154 Å². The van der Waals surface area contributed by atoms with Gasteiger partial charge in [0.05, 0.1) is 12.2 Å². The fourth-order valence-electron chi connectivity index (χ4n) is 12.7. The van der Waals surface area contributed by atoms with E-state index in [1.165, 1.54) is 9.13 Å². The SMILES string of the molecule is CCCn1c(=O)c2[nH]c(C34CC5CC(C3)[C@H](O)C4C5)nc2n(CCC)c1=O.CCCn1c(=O)c2[nH]c(C34CC5CC3CC(C4)C5O)nc2n(CCC)c1=O. The van der Waals surface area contributed by atoms with Gasteiger partial charge in [-0.15, -0.1) is 0 Å². The van der Waals surface area contributed by atoms with Gasteiger partial charge in [0.15, 0.2) is 11.3 Å². The lowest BCUT2D eigenvalue weighted by atomic mass is 9.73. The molecule has 14 heteroatoms. The van der Waals surface area contributed by atoms with Crippen LogP contribution in [-0.4, -0.2) is 60.6 Å². The summed E-state index contributed by atoms with van der Waals surface area (Å²) in [5.74, 6) is 4.16. The lowest BCUT2D eigenvalue weighted by Crippen LogP contribution is -2.40. The monoisotopic (exact) mass is 744 g/mol. The number of nitrogens with zero attached hydrogens (tertiary/aromatic N) is 6. The zero-order valence-corrected chi connectivity index (χ0v) is 32.1. The van der Waals surface area contributed by atoms with Crippen LogP contribution in [0.1, 0.15) is 116 Å². The van der Waals surface area contributed by atoms with Gasteiger partial charge in [0, 0.05) is 37.0 Å². The van der Waals surface area contributed by atoms with Gasteiger partial charge in [-0.2, -0.15) is 0 Å². The molecule has 0 saturated heterocycles. The first-order valence-electron chi connectivity index (χ1n) is 20.8. The van der Waals surface area contributed by atoms with Crippen molar-refractivity contribution in [2.75, 3.05) is 0 Å². The zero-order chi connectivity index (χ0) is 37.8. The summed E-state index contributed by atoms with van der Waals surface area (Å²) in [4.78, 5) is 68.1. The maximum absolute atomic E-state index is 13.0. The average Bonchev–Trinajstić information content (AvgIpc) is 3.98.